The first-order valence-corrected chi connectivity index (χ1v) is 7.53. The lowest BCUT2D eigenvalue weighted by Crippen LogP contribution is -2.34. The van der Waals surface area contributed by atoms with E-state index in [9.17, 15) is 4.79 Å². The third-order valence-electron chi connectivity index (χ3n) is 3.67. The van der Waals surface area contributed by atoms with Crippen molar-refractivity contribution in [3.8, 4) is 11.8 Å². The zero-order valence-electron chi connectivity index (χ0n) is 13.4. The van der Waals surface area contributed by atoms with Crippen LogP contribution in [-0.4, -0.2) is 35.6 Å². The highest BCUT2D eigenvalue weighted by molar-refractivity contribution is 5.94. The van der Waals surface area contributed by atoms with E-state index in [1.165, 1.54) is 0 Å². The van der Waals surface area contributed by atoms with E-state index in [0.717, 1.165) is 24.1 Å². The molecule has 21 heavy (non-hydrogen) atoms. The number of hydrogen-bond acceptors (Lipinski definition) is 2. The number of aryl methyl sites for hydroxylation is 1. The maximum atomic E-state index is 12.6. The fraction of sp³-hybridized carbons (Fsp3) is 0.500. The molecule has 0 saturated carbocycles. The van der Waals surface area contributed by atoms with E-state index in [-0.39, 0.29) is 12.5 Å². The summed E-state index contributed by atoms with van der Waals surface area (Å²) in [5.41, 5.74) is 2.51. The number of aliphatic hydroxyl groups excluding tert-OH is 1. The molecule has 1 aromatic carbocycles. The Morgan fingerprint density at radius 2 is 2.10 bits per heavy atom. The highest BCUT2D eigenvalue weighted by Crippen LogP contribution is 2.14. The summed E-state index contributed by atoms with van der Waals surface area (Å²) in [4.78, 5) is 14.4. The van der Waals surface area contributed by atoms with Crippen LogP contribution in [0.2, 0.25) is 0 Å². The Labute approximate surface area is 128 Å². The van der Waals surface area contributed by atoms with Gasteiger partial charge in [0.15, 0.2) is 0 Å². The Morgan fingerprint density at radius 1 is 1.38 bits per heavy atom. The van der Waals surface area contributed by atoms with E-state index < -0.39 is 0 Å². The van der Waals surface area contributed by atoms with Crippen LogP contribution in [0.25, 0.3) is 0 Å². The lowest BCUT2D eigenvalue weighted by Gasteiger charge is -2.24. The van der Waals surface area contributed by atoms with Gasteiger partial charge in [-0.2, -0.15) is 0 Å². The van der Waals surface area contributed by atoms with Crippen LogP contribution in [0.1, 0.15) is 48.7 Å². The molecule has 0 aromatic heterocycles. The number of aliphatic hydroxyl groups is 1. The summed E-state index contributed by atoms with van der Waals surface area (Å²) in [6.07, 6.45) is 1.07. The molecule has 0 spiro atoms. The van der Waals surface area contributed by atoms with Gasteiger partial charge in [-0.05, 0) is 43.5 Å². The van der Waals surface area contributed by atoms with E-state index in [1.54, 1.807) is 0 Å². The van der Waals surface area contributed by atoms with Gasteiger partial charge >= 0.3 is 0 Å². The molecule has 0 fully saturated rings. The summed E-state index contributed by atoms with van der Waals surface area (Å²) in [6.45, 7) is 9.59. The van der Waals surface area contributed by atoms with E-state index >= 15 is 0 Å². The number of rotatable bonds is 5. The fourth-order valence-electron chi connectivity index (χ4n) is 2.12. The van der Waals surface area contributed by atoms with Crippen LogP contribution < -0.4 is 0 Å². The average molecular weight is 287 g/mol. The molecule has 0 aliphatic carbocycles. The Bertz CT molecular complexity index is 540. The molecule has 114 valence electrons. The van der Waals surface area contributed by atoms with Crippen LogP contribution in [-0.2, 0) is 0 Å². The van der Waals surface area contributed by atoms with Crippen LogP contribution in [0.15, 0.2) is 18.2 Å². The van der Waals surface area contributed by atoms with Gasteiger partial charge in [-0.15, -0.1) is 0 Å². The van der Waals surface area contributed by atoms with E-state index in [2.05, 4.69) is 25.7 Å². The maximum Gasteiger partial charge on any atom is 0.253 e. The highest BCUT2D eigenvalue weighted by Gasteiger charge is 2.16. The topological polar surface area (TPSA) is 40.5 Å². The molecule has 0 bridgehead atoms. The second-order valence-corrected chi connectivity index (χ2v) is 5.35. The zero-order chi connectivity index (χ0) is 15.8. The lowest BCUT2D eigenvalue weighted by molar-refractivity contribution is 0.0740. The normalized spacial score (nSPS) is 11.5. The molecule has 0 radical (unpaired) electrons. The number of nitrogens with zero attached hydrogens (tertiary/aromatic N) is 1. The molecule has 1 unspecified atom stereocenters. The summed E-state index contributed by atoms with van der Waals surface area (Å²) >= 11 is 0. The zero-order valence-corrected chi connectivity index (χ0v) is 13.4. The predicted octanol–water partition coefficient (Wildman–Crippen LogP) is 2.85. The van der Waals surface area contributed by atoms with Gasteiger partial charge < -0.3 is 10.0 Å². The monoisotopic (exact) mass is 287 g/mol. The van der Waals surface area contributed by atoms with E-state index in [1.807, 2.05) is 36.9 Å². The van der Waals surface area contributed by atoms with Gasteiger partial charge in [-0.25, -0.2) is 0 Å². The van der Waals surface area contributed by atoms with Crippen molar-refractivity contribution >= 4 is 5.91 Å². The number of amides is 1. The van der Waals surface area contributed by atoms with Crippen molar-refractivity contribution in [2.45, 2.75) is 34.1 Å². The Kier molecular flexibility index (Phi) is 6.98. The first kappa shape index (κ1) is 17.3. The third kappa shape index (κ3) is 4.91. The molecule has 1 amide bonds. The second kappa shape index (κ2) is 8.49. The summed E-state index contributed by atoms with van der Waals surface area (Å²) in [5, 5.41) is 8.74. The standard InChI is InChI=1S/C18H25NO2/c1-5-14(3)13-19(6-2)18(21)17-10-9-16(8-7-11-20)15(4)12-17/h9-10,12,14,20H,5-6,11,13H2,1-4H3. The van der Waals surface area contributed by atoms with Crippen molar-refractivity contribution < 1.29 is 9.90 Å². The maximum absolute atomic E-state index is 12.6. The molecular weight excluding hydrogens is 262 g/mol. The molecule has 1 atom stereocenters. The van der Waals surface area contributed by atoms with Gasteiger partial charge in [0.25, 0.3) is 5.91 Å². The van der Waals surface area contributed by atoms with Crippen LogP contribution in [0.4, 0.5) is 0 Å². The Hall–Kier alpha value is -1.79. The Morgan fingerprint density at radius 3 is 2.62 bits per heavy atom. The second-order valence-electron chi connectivity index (χ2n) is 5.35. The molecule has 1 aromatic rings. The molecular formula is C18H25NO2. The number of benzene rings is 1. The molecule has 1 N–H and O–H groups in total. The third-order valence-corrected chi connectivity index (χ3v) is 3.67. The summed E-state index contributed by atoms with van der Waals surface area (Å²) < 4.78 is 0. The van der Waals surface area contributed by atoms with Gasteiger partial charge in [-0.1, -0.05) is 32.1 Å². The number of hydrogen-bond donors (Lipinski definition) is 1. The van der Waals surface area contributed by atoms with E-state index in [4.69, 9.17) is 5.11 Å². The molecule has 0 saturated heterocycles. The molecule has 3 heteroatoms. The quantitative estimate of drug-likeness (QED) is 0.846. The number of carbonyl (C=O) groups excluding carboxylic acids is 1. The summed E-state index contributed by atoms with van der Waals surface area (Å²) in [7, 11) is 0. The minimum atomic E-state index is -0.154. The van der Waals surface area contributed by atoms with Gasteiger partial charge in [0.05, 0.1) is 0 Å². The fourth-order valence-corrected chi connectivity index (χ4v) is 2.12. The smallest absolute Gasteiger partial charge is 0.253 e. The van der Waals surface area contributed by atoms with Crippen LogP contribution in [0.5, 0.6) is 0 Å². The molecule has 0 aliphatic rings. The van der Waals surface area contributed by atoms with Crippen molar-refractivity contribution in [1.82, 2.24) is 4.90 Å². The minimum absolute atomic E-state index is 0.0718. The molecule has 3 nitrogen and oxygen atoms in total. The highest BCUT2D eigenvalue weighted by atomic mass is 16.2. The summed E-state index contributed by atoms with van der Waals surface area (Å²) in [6, 6.07) is 5.54. The van der Waals surface area contributed by atoms with E-state index in [0.29, 0.717) is 18.0 Å². The Balaban J connectivity index is 2.93. The van der Waals surface area contributed by atoms with Crippen molar-refractivity contribution in [1.29, 1.82) is 0 Å². The summed E-state index contributed by atoms with van der Waals surface area (Å²) in [5.74, 6) is 6.10. The van der Waals surface area contributed by atoms with Crippen molar-refractivity contribution in [3.63, 3.8) is 0 Å². The van der Waals surface area contributed by atoms with Crippen molar-refractivity contribution in [3.05, 3.63) is 34.9 Å². The number of carbonyl (C=O) groups is 1. The minimum Gasteiger partial charge on any atom is -0.384 e. The van der Waals surface area contributed by atoms with Crippen LogP contribution >= 0.6 is 0 Å². The average Bonchev–Trinajstić information content (AvgIpc) is 2.50. The largest absolute Gasteiger partial charge is 0.384 e. The van der Waals surface area contributed by atoms with Crippen molar-refractivity contribution in [2.75, 3.05) is 19.7 Å². The van der Waals surface area contributed by atoms with Gasteiger partial charge in [0.2, 0.25) is 0 Å². The first-order valence-electron chi connectivity index (χ1n) is 7.53. The van der Waals surface area contributed by atoms with Gasteiger partial charge in [0, 0.05) is 24.2 Å². The van der Waals surface area contributed by atoms with Crippen LogP contribution in [0.3, 0.4) is 0 Å². The lowest BCUT2D eigenvalue weighted by atomic mass is 10.0. The predicted molar refractivity (Wildman–Crippen MR) is 86.2 cm³/mol. The van der Waals surface area contributed by atoms with Gasteiger partial charge in [-0.3, -0.25) is 4.79 Å². The van der Waals surface area contributed by atoms with Crippen LogP contribution in [0, 0.1) is 24.7 Å². The SMILES string of the molecule is CCC(C)CN(CC)C(=O)c1ccc(C#CCO)c(C)c1. The first-order chi connectivity index (χ1) is 10.0. The molecule has 0 aliphatic heterocycles. The molecule has 1 rings (SSSR count). The van der Waals surface area contributed by atoms with Gasteiger partial charge in [0.1, 0.15) is 6.61 Å². The molecule has 0 heterocycles. The van der Waals surface area contributed by atoms with Crippen molar-refractivity contribution in [2.24, 2.45) is 5.92 Å².